The summed E-state index contributed by atoms with van der Waals surface area (Å²) in [5, 5.41) is 4.59. The third-order valence-corrected chi connectivity index (χ3v) is 3.66. The fraction of sp³-hybridized carbons (Fsp3) is 0.385. The first-order valence-corrected chi connectivity index (χ1v) is 6.84. The van der Waals surface area contributed by atoms with Crippen LogP contribution in [-0.2, 0) is 0 Å². The van der Waals surface area contributed by atoms with Crippen molar-refractivity contribution in [2.45, 2.75) is 37.9 Å². The zero-order valence-corrected chi connectivity index (χ0v) is 12.6. The minimum absolute atomic E-state index is 0.723. The zero-order valence-electron chi connectivity index (χ0n) is 11.8. The summed E-state index contributed by atoms with van der Waals surface area (Å²) in [6.45, 7) is 7.90. The van der Waals surface area contributed by atoms with Crippen LogP contribution in [0.25, 0.3) is 0 Å². The van der Waals surface area contributed by atoms with Gasteiger partial charge in [-0.15, -0.1) is 0 Å². The van der Waals surface area contributed by atoms with Crippen LogP contribution >= 0.6 is 11.8 Å². The summed E-state index contributed by atoms with van der Waals surface area (Å²) in [7, 11) is 1.84. The van der Waals surface area contributed by atoms with E-state index < -0.39 is 0 Å². The lowest BCUT2D eigenvalue weighted by Gasteiger charge is -2.07. The van der Waals surface area contributed by atoms with Gasteiger partial charge >= 0.3 is 0 Å². The lowest BCUT2D eigenvalue weighted by Crippen LogP contribution is -2.00. The maximum atomic E-state index is 4.49. The van der Waals surface area contributed by atoms with E-state index in [-0.39, 0.29) is 0 Å². The third kappa shape index (κ3) is 3.20. The number of anilines is 1. The predicted molar refractivity (Wildman–Crippen MR) is 76.7 cm³/mol. The molecule has 5 nitrogen and oxygen atoms in total. The summed E-state index contributed by atoms with van der Waals surface area (Å²) in [5.74, 6) is 1.53. The van der Waals surface area contributed by atoms with Gasteiger partial charge < -0.3 is 5.32 Å². The number of hydrogen-bond donors (Lipinski definition) is 1. The maximum absolute atomic E-state index is 4.49. The fourth-order valence-electron chi connectivity index (χ4n) is 1.60. The van der Waals surface area contributed by atoms with Gasteiger partial charge in [0.15, 0.2) is 5.16 Å². The van der Waals surface area contributed by atoms with Crippen LogP contribution in [-0.4, -0.2) is 27.0 Å². The van der Waals surface area contributed by atoms with E-state index in [1.807, 2.05) is 40.8 Å². The van der Waals surface area contributed by atoms with Crippen molar-refractivity contribution in [3.8, 4) is 0 Å². The van der Waals surface area contributed by atoms with Crippen LogP contribution in [0.5, 0.6) is 0 Å². The predicted octanol–water partition coefficient (Wildman–Crippen LogP) is 2.69. The van der Waals surface area contributed by atoms with Crippen LogP contribution in [0.3, 0.4) is 0 Å². The monoisotopic (exact) mass is 275 g/mol. The number of rotatable bonds is 3. The molecule has 0 unspecified atom stereocenters. The van der Waals surface area contributed by atoms with E-state index in [9.17, 15) is 0 Å². The second kappa shape index (κ2) is 5.52. The summed E-state index contributed by atoms with van der Waals surface area (Å²) >= 11 is 1.45. The summed E-state index contributed by atoms with van der Waals surface area (Å²) in [5.41, 5.74) is 3.16. The average molecular weight is 275 g/mol. The Morgan fingerprint density at radius 1 is 0.947 bits per heavy atom. The maximum Gasteiger partial charge on any atom is 0.194 e. The molecule has 2 heterocycles. The van der Waals surface area contributed by atoms with Gasteiger partial charge in [-0.1, -0.05) is 0 Å². The van der Waals surface area contributed by atoms with E-state index in [0.717, 1.165) is 38.8 Å². The largest absolute Gasteiger partial charge is 0.373 e. The summed E-state index contributed by atoms with van der Waals surface area (Å²) in [6.07, 6.45) is 0. The lowest BCUT2D eigenvalue weighted by molar-refractivity contribution is 0.875. The lowest BCUT2D eigenvalue weighted by atomic mass is 10.2. The van der Waals surface area contributed by atoms with Crippen LogP contribution in [0, 0.1) is 27.7 Å². The molecule has 0 aliphatic carbocycles. The molecule has 0 fully saturated rings. The molecule has 2 aromatic heterocycles. The quantitative estimate of drug-likeness (QED) is 0.686. The Morgan fingerprint density at radius 3 is 2.16 bits per heavy atom. The molecule has 1 N–H and O–H groups in total. The second-order valence-corrected chi connectivity index (χ2v) is 5.28. The molecule has 6 heteroatoms. The standard InChI is InChI=1S/C13H17N5S/c1-7-8(2)15-13(16-9(7)3)19-12-6-11(14-5)17-10(4)18-12/h6H,1-5H3,(H,14,17,18). The molecule has 0 spiro atoms. The second-order valence-electron chi connectivity index (χ2n) is 4.29. The van der Waals surface area contributed by atoms with E-state index in [4.69, 9.17) is 0 Å². The van der Waals surface area contributed by atoms with Gasteiger partial charge in [0, 0.05) is 24.5 Å². The molecule has 0 saturated heterocycles. The van der Waals surface area contributed by atoms with Gasteiger partial charge in [-0.3, -0.25) is 0 Å². The first-order valence-electron chi connectivity index (χ1n) is 6.02. The zero-order chi connectivity index (χ0) is 14.0. The molecule has 2 aromatic rings. The first-order chi connectivity index (χ1) is 8.99. The number of aromatic nitrogens is 4. The van der Waals surface area contributed by atoms with Gasteiger partial charge in [0.25, 0.3) is 0 Å². The molecular weight excluding hydrogens is 258 g/mol. The van der Waals surface area contributed by atoms with Gasteiger partial charge in [0.2, 0.25) is 0 Å². The van der Waals surface area contributed by atoms with Gasteiger partial charge in [0.05, 0.1) is 0 Å². The highest BCUT2D eigenvalue weighted by molar-refractivity contribution is 7.99. The first kappa shape index (κ1) is 13.7. The third-order valence-electron chi connectivity index (χ3n) is 2.88. The molecule has 0 radical (unpaired) electrons. The molecule has 2 rings (SSSR count). The summed E-state index contributed by atoms with van der Waals surface area (Å²) in [6, 6.07) is 1.89. The Hall–Kier alpha value is -1.69. The Bertz CT molecular complexity index is 589. The van der Waals surface area contributed by atoms with Gasteiger partial charge in [-0.05, 0) is 45.0 Å². The van der Waals surface area contributed by atoms with Crippen molar-refractivity contribution in [1.29, 1.82) is 0 Å². The van der Waals surface area contributed by atoms with Gasteiger partial charge in [0.1, 0.15) is 16.7 Å². The Morgan fingerprint density at radius 2 is 1.58 bits per heavy atom. The van der Waals surface area contributed by atoms with Gasteiger partial charge in [-0.2, -0.15) is 0 Å². The molecule has 0 aliphatic heterocycles. The molecule has 0 atom stereocenters. The van der Waals surface area contributed by atoms with Crippen molar-refractivity contribution in [3.63, 3.8) is 0 Å². The summed E-state index contributed by atoms with van der Waals surface area (Å²) in [4.78, 5) is 17.6. The highest BCUT2D eigenvalue weighted by Crippen LogP contribution is 2.25. The molecule has 100 valence electrons. The van der Waals surface area contributed by atoms with Crippen LogP contribution in [0.4, 0.5) is 5.82 Å². The summed E-state index contributed by atoms with van der Waals surface area (Å²) < 4.78 is 0. The molecule has 0 aliphatic rings. The smallest absolute Gasteiger partial charge is 0.194 e. The minimum atomic E-state index is 0.723. The topological polar surface area (TPSA) is 63.6 Å². The number of aryl methyl sites for hydroxylation is 3. The van der Waals surface area contributed by atoms with Crippen molar-refractivity contribution in [2.24, 2.45) is 0 Å². The van der Waals surface area contributed by atoms with Crippen LogP contribution in [0.2, 0.25) is 0 Å². The Kier molecular flexibility index (Phi) is 3.99. The molecule has 0 bridgehead atoms. The van der Waals surface area contributed by atoms with Crippen LogP contribution in [0.15, 0.2) is 16.2 Å². The van der Waals surface area contributed by atoms with E-state index in [1.165, 1.54) is 11.8 Å². The fourth-order valence-corrected chi connectivity index (χ4v) is 2.50. The van der Waals surface area contributed by atoms with Crippen molar-refractivity contribution >= 4 is 17.6 Å². The number of nitrogens with zero attached hydrogens (tertiary/aromatic N) is 4. The van der Waals surface area contributed by atoms with Crippen molar-refractivity contribution in [2.75, 3.05) is 12.4 Å². The SMILES string of the molecule is CNc1cc(Sc2nc(C)c(C)c(C)n2)nc(C)n1. The molecule has 0 aromatic carbocycles. The molecule has 0 saturated carbocycles. The molecular formula is C13H17N5S. The Balaban J connectivity index is 2.33. The van der Waals surface area contributed by atoms with Crippen LogP contribution in [0.1, 0.15) is 22.8 Å². The normalized spacial score (nSPS) is 10.6. The van der Waals surface area contributed by atoms with Crippen molar-refractivity contribution in [3.05, 3.63) is 28.8 Å². The number of hydrogen-bond acceptors (Lipinski definition) is 6. The Labute approximate surface area is 117 Å². The van der Waals surface area contributed by atoms with Crippen molar-refractivity contribution < 1.29 is 0 Å². The van der Waals surface area contributed by atoms with Gasteiger partial charge in [-0.25, -0.2) is 19.9 Å². The highest BCUT2D eigenvalue weighted by Gasteiger charge is 2.08. The number of nitrogens with one attached hydrogen (secondary N) is 1. The van der Waals surface area contributed by atoms with Crippen LogP contribution < -0.4 is 5.32 Å². The molecule has 0 amide bonds. The van der Waals surface area contributed by atoms with E-state index in [2.05, 4.69) is 25.3 Å². The van der Waals surface area contributed by atoms with E-state index >= 15 is 0 Å². The minimum Gasteiger partial charge on any atom is -0.373 e. The average Bonchev–Trinajstić information content (AvgIpc) is 2.35. The molecule has 19 heavy (non-hydrogen) atoms. The highest BCUT2D eigenvalue weighted by atomic mass is 32.2. The van der Waals surface area contributed by atoms with E-state index in [1.54, 1.807) is 0 Å². The van der Waals surface area contributed by atoms with Crippen molar-refractivity contribution in [1.82, 2.24) is 19.9 Å². The van der Waals surface area contributed by atoms with E-state index in [0.29, 0.717) is 0 Å².